The topological polar surface area (TPSA) is 116 Å². The minimum absolute atomic E-state index is 0.0123. The van der Waals surface area contributed by atoms with Crippen molar-refractivity contribution in [2.45, 2.75) is 26.3 Å². The van der Waals surface area contributed by atoms with E-state index in [1.807, 2.05) is 19.0 Å². The van der Waals surface area contributed by atoms with E-state index >= 15 is 0 Å². The summed E-state index contributed by atoms with van der Waals surface area (Å²) in [6.45, 7) is 4.53. The van der Waals surface area contributed by atoms with Gasteiger partial charge in [-0.2, -0.15) is 5.10 Å². The minimum atomic E-state index is -0.780. The number of aromatic amines is 1. The molecule has 0 saturated carbocycles. The Bertz CT molecular complexity index is 1050. The van der Waals surface area contributed by atoms with Crippen LogP contribution in [-0.4, -0.2) is 77.1 Å². The van der Waals surface area contributed by atoms with Gasteiger partial charge in [0.05, 0.1) is 35.5 Å². The Morgan fingerprint density at radius 3 is 2.41 bits per heavy atom. The number of aliphatic hydroxyl groups is 1. The molecule has 1 amide bonds. The minimum Gasteiger partial charge on any atom is -0.507 e. The second-order valence-electron chi connectivity index (χ2n) is 8.07. The van der Waals surface area contributed by atoms with Gasteiger partial charge < -0.3 is 19.6 Å². The number of Topliss-reactive ketones (excluding diaryl/α,β-unsaturated/α-hetero) is 1. The number of amides is 1. The zero-order valence-corrected chi connectivity index (χ0v) is 18.9. The number of nitrogens with one attached hydrogen (secondary N) is 1. The number of nitrogens with zero attached hydrogens (tertiary/aromatic N) is 3. The molecule has 1 aromatic heterocycles. The molecule has 0 radical (unpaired) electrons. The molecule has 3 rings (SSSR count). The fourth-order valence-corrected chi connectivity index (χ4v) is 3.97. The number of carbonyl (C=O) groups excluding carboxylic acids is 3. The predicted molar refractivity (Wildman–Crippen MR) is 118 cm³/mol. The molecule has 2 aromatic rings. The maximum atomic E-state index is 13.1. The quantitative estimate of drug-likeness (QED) is 0.293. The molecule has 1 fully saturated rings. The van der Waals surface area contributed by atoms with Crippen molar-refractivity contribution in [3.05, 3.63) is 57.9 Å². The average Bonchev–Trinajstić information content (AvgIpc) is 3.23. The van der Waals surface area contributed by atoms with Gasteiger partial charge in [0.1, 0.15) is 5.76 Å². The number of hydrogen-bond donors (Lipinski definition) is 2. The fourth-order valence-electron chi connectivity index (χ4n) is 3.97. The molecule has 2 heterocycles. The normalized spacial score (nSPS) is 17.9. The molecular formula is C23H28N4O5. The third kappa shape index (κ3) is 4.29. The number of aromatic nitrogens is 2. The number of benzene rings is 1. The van der Waals surface area contributed by atoms with Crippen molar-refractivity contribution in [1.82, 2.24) is 20.0 Å². The number of aliphatic hydroxyl groups excluding tert-OH is 1. The number of ether oxygens (including phenoxy) is 1. The molecule has 2 N–H and O–H groups in total. The largest absolute Gasteiger partial charge is 0.507 e. The zero-order valence-electron chi connectivity index (χ0n) is 18.9. The van der Waals surface area contributed by atoms with Crippen molar-refractivity contribution in [2.24, 2.45) is 0 Å². The van der Waals surface area contributed by atoms with E-state index in [9.17, 15) is 19.5 Å². The lowest BCUT2D eigenvalue weighted by Gasteiger charge is -2.26. The van der Waals surface area contributed by atoms with Gasteiger partial charge in [-0.3, -0.25) is 14.7 Å². The van der Waals surface area contributed by atoms with E-state index in [4.69, 9.17) is 4.74 Å². The van der Waals surface area contributed by atoms with Crippen LogP contribution in [0.15, 0.2) is 29.8 Å². The molecule has 1 aliphatic heterocycles. The highest BCUT2D eigenvalue weighted by Crippen LogP contribution is 2.40. The lowest BCUT2D eigenvalue weighted by atomic mass is 9.94. The van der Waals surface area contributed by atoms with E-state index in [1.165, 1.54) is 12.0 Å². The number of aryl methyl sites for hydroxylation is 2. The van der Waals surface area contributed by atoms with Gasteiger partial charge in [-0.15, -0.1) is 0 Å². The van der Waals surface area contributed by atoms with Gasteiger partial charge in [0.15, 0.2) is 0 Å². The van der Waals surface area contributed by atoms with Crippen molar-refractivity contribution in [1.29, 1.82) is 0 Å². The van der Waals surface area contributed by atoms with Crippen molar-refractivity contribution in [3.8, 4) is 0 Å². The van der Waals surface area contributed by atoms with Gasteiger partial charge >= 0.3 is 5.97 Å². The van der Waals surface area contributed by atoms with Crippen molar-refractivity contribution < 1.29 is 24.2 Å². The molecule has 9 heteroatoms. The number of carbonyl (C=O) groups is 3. The number of ketones is 1. The van der Waals surface area contributed by atoms with Crippen LogP contribution in [0.2, 0.25) is 0 Å². The Balaban J connectivity index is 2.12. The second kappa shape index (κ2) is 9.35. The summed E-state index contributed by atoms with van der Waals surface area (Å²) >= 11 is 0. The first-order chi connectivity index (χ1) is 15.2. The van der Waals surface area contributed by atoms with E-state index in [2.05, 4.69) is 10.2 Å². The lowest BCUT2D eigenvalue weighted by molar-refractivity contribution is -0.139. The fraction of sp³-hybridized carbons (Fsp3) is 0.391. The van der Waals surface area contributed by atoms with Gasteiger partial charge in [-0.25, -0.2) is 4.79 Å². The standard InChI is InChI=1S/C23H28N4O5/c1-13-17(14(2)25-24-13)20(28)18-19(15-7-9-16(10-8-15)23(31)32-5)27(22(30)21(18)29)12-6-11-26(3)4/h7-10,19,28H,6,11-12H2,1-5H3,(H,24,25)/b20-18+/t19-/m0/s1. The molecule has 1 atom stereocenters. The molecule has 32 heavy (non-hydrogen) atoms. The molecule has 0 bridgehead atoms. The van der Waals surface area contributed by atoms with Gasteiger partial charge in [-0.1, -0.05) is 12.1 Å². The molecule has 0 unspecified atom stereocenters. The number of methoxy groups -OCH3 is 1. The molecule has 1 aromatic carbocycles. The Morgan fingerprint density at radius 2 is 1.88 bits per heavy atom. The van der Waals surface area contributed by atoms with E-state index in [0.29, 0.717) is 41.0 Å². The predicted octanol–water partition coefficient (Wildman–Crippen LogP) is 2.19. The Labute approximate surface area is 186 Å². The van der Waals surface area contributed by atoms with Crippen LogP contribution >= 0.6 is 0 Å². The highest BCUT2D eigenvalue weighted by Gasteiger charge is 2.46. The van der Waals surface area contributed by atoms with Crippen molar-refractivity contribution in [3.63, 3.8) is 0 Å². The first-order valence-corrected chi connectivity index (χ1v) is 10.3. The zero-order chi connectivity index (χ0) is 23.6. The summed E-state index contributed by atoms with van der Waals surface area (Å²) in [4.78, 5) is 41.3. The number of esters is 1. The summed E-state index contributed by atoms with van der Waals surface area (Å²) in [6, 6.07) is 5.72. The van der Waals surface area contributed by atoms with Gasteiger partial charge in [-0.05, 0) is 58.6 Å². The first kappa shape index (κ1) is 23.2. The second-order valence-corrected chi connectivity index (χ2v) is 8.07. The Hall–Kier alpha value is -3.46. The molecule has 1 saturated heterocycles. The summed E-state index contributed by atoms with van der Waals surface area (Å²) in [5, 5.41) is 18.0. The lowest BCUT2D eigenvalue weighted by Crippen LogP contribution is -2.32. The number of likely N-dealkylation sites (tertiary alicyclic amines) is 1. The van der Waals surface area contributed by atoms with Crippen molar-refractivity contribution >= 4 is 23.4 Å². The number of rotatable bonds is 7. The average molecular weight is 441 g/mol. The van der Waals surface area contributed by atoms with E-state index < -0.39 is 23.7 Å². The Kier molecular flexibility index (Phi) is 6.78. The van der Waals surface area contributed by atoms with Crippen molar-refractivity contribution in [2.75, 3.05) is 34.3 Å². The molecule has 0 spiro atoms. The highest BCUT2D eigenvalue weighted by molar-refractivity contribution is 6.46. The van der Waals surface area contributed by atoms with Crippen LogP contribution in [0.3, 0.4) is 0 Å². The van der Waals surface area contributed by atoms with Gasteiger partial charge in [0.25, 0.3) is 11.7 Å². The molecule has 9 nitrogen and oxygen atoms in total. The third-order valence-electron chi connectivity index (χ3n) is 5.56. The smallest absolute Gasteiger partial charge is 0.337 e. The molecule has 0 aliphatic carbocycles. The maximum absolute atomic E-state index is 13.1. The first-order valence-electron chi connectivity index (χ1n) is 10.3. The highest BCUT2D eigenvalue weighted by atomic mass is 16.5. The van der Waals surface area contributed by atoms with Crippen LogP contribution in [0.25, 0.3) is 5.76 Å². The van der Waals surface area contributed by atoms with Gasteiger partial charge in [0, 0.05) is 12.2 Å². The van der Waals surface area contributed by atoms with Crippen LogP contribution < -0.4 is 0 Å². The molecule has 1 aliphatic rings. The summed E-state index contributed by atoms with van der Waals surface area (Å²) in [5.41, 5.74) is 2.51. The monoisotopic (exact) mass is 440 g/mol. The summed E-state index contributed by atoms with van der Waals surface area (Å²) in [5.74, 6) is -2.15. The number of H-pyrrole nitrogens is 1. The number of hydrogen-bond acceptors (Lipinski definition) is 7. The third-order valence-corrected chi connectivity index (χ3v) is 5.56. The molecule has 170 valence electrons. The van der Waals surface area contributed by atoms with E-state index in [-0.39, 0.29) is 11.3 Å². The SMILES string of the molecule is COC(=O)c1ccc([C@H]2/C(=C(\O)c3c(C)n[nH]c3C)C(=O)C(=O)N2CCCN(C)C)cc1. The summed E-state index contributed by atoms with van der Waals surface area (Å²) in [6.07, 6.45) is 0.653. The van der Waals surface area contributed by atoms with Crippen LogP contribution in [0.1, 0.15) is 45.3 Å². The van der Waals surface area contributed by atoms with Crippen LogP contribution in [0, 0.1) is 13.8 Å². The van der Waals surface area contributed by atoms with E-state index in [1.54, 1.807) is 38.1 Å². The van der Waals surface area contributed by atoms with Crippen LogP contribution in [0.4, 0.5) is 0 Å². The van der Waals surface area contributed by atoms with E-state index in [0.717, 1.165) is 6.54 Å². The summed E-state index contributed by atoms with van der Waals surface area (Å²) < 4.78 is 4.75. The molecular weight excluding hydrogens is 412 g/mol. The maximum Gasteiger partial charge on any atom is 0.337 e. The van der Waals surface area contributed by atoms with Gasteiger partial charge in [0.2, 0.25) is 0 Å². The van der Waals surface area contributed by atoms with Crippen LogP contribution in [-0.2, 0) is 14.3 Å². The summed E-state index contributed by atoms with van der Waals surface area (Å²) in [7, 11) is 5.16. The van der Waals surface area contributed by atoms with Crippen LogP contribution in [0.5, 0.6) is 0 Å². The Morgan fingerprint density at radius 1 is 1.22 bits per heavy atom.